The predicted octanol–water partition coefficient (Wildman–Crippen LogP) is 3.14. The van der Waals surface area contributed by atoms with Crippen molar-refractivity contribution >= 4 is 45.6 Å². The van der Waals surface area contributed by atoms with Crippen molar-refractivity contribution in [2.45, 2.75) is 33.2 Å². The summed E-state index contributed by atoms with van der Waals surface area (Å²) >= 11 is 3.42. The molecule has 0 unspecified atom stereocenters. The molecule has 0 heterocycles. The molecule has 0 aliphatic rings. The molecule has 0 aromatic heterocycles. The molecule has 2 rings (SSSR count). The second-order valence-electron chi connectivity index (χ2n) is 6.85. The summed E-state index contributed by atoms with van der Waals surface area (Å²) < 4.78 is 6.45. The molecule has 0 fully saturated rings. The van der Waals surface area contributed by atoms with Crippen molar-refractivity contribution in [3.8, 4) is 5.75 Å². The first-order chi connectivity index (χ1) is 14.8. The third-order valence-electron chi connectivity index (χ3n) is 4.27. The van der Waals surface area contributed by atoms with E-state index in [0.29, 0.717) is 17.0 Å². The molecular weight excluding hydrogens is 464 g/mol. The van der Waals surface area contributed by atoms with Crippen molar-refractivity contribution in [2.24, 2.45) is 5.10 Å². The lowest BCUT2D eigenvalue weighted by atomic mass is 10.2. The van der Waals surface area contributed by atoms with E-state index in [1.54, 1.807) is 30.3 Å². The molecule has 31 heavy (non-hydrogen) atoms. The van der Waals surface area contributed by atoms with Gasteiger partial charge in [0.25, 0.3) is 5.91 Å². The zero-order valence-electron chi connectivity index (χ0n) is 17.6. The van der Waals surface area contributed by atoms with Crippen LogP contribution in [0.1, 0.15) is 31.4 Å². The number of hydrazone groups is 1. The highest BCUT2D eigenvalue weighted by atomic mass is 79.9. The smallest absolute Gasteiger partial charge is 0.329 e. The van der Waals surface area contributed by atoms with Crippen molar-refractivity contribution in [2.75, 3.05) is 11.9 Å². The summed E-state index contributed by atoms with van der Waals surface area (Å²) in [5.41, 5.74) is 4.57. The number of carbonyl (C=O) groups is 3. The van der Waals surface area contributed by atoms with Crippen molar-refractivity contribution in [3.63, 3.8) is 0 Å². The molecule has 3 amide bonds. The Hall–Kier alpha value is -3.20. The molecule has 0 saturated heterocycles. The normalized spacial score (nSPS) is 11.6. The number of carbonyl (C=O) groups excluding carboxylic acids is 3. The van der Waals surface area contributed by atoms with E-state index in [1.165, 1.54) is 6.21 Å². The van der Waals surface area contributed by atoms with Gasteiger partial charge in [-0.1, -0.05) is 22.9 Å². The molecule has 0 radical (unpaired) electrons. The van der Waals surface area contributed by atoms with Gasteiger partial charge in [-0.25, -0.2) is 5.43 Å². The summed E-state index contributed by atoms with van der Waals surface area (Å²) in [7, 11) is 0. The van der Waals surface area contributed by atoms with E-state index in [9.17, 15) is 14.4 Å². The minimum Gasteiger partial charge on any atom is -0.484 e. The lowest BCUT2D eigenvalue weighted by molar-refractivity contribution is -0.139. The van der Waals surface area contributed by atoms with E-state index >= 15 is 0 Å². The van der Waals surface area contributed by atoms with Crippen LogP contribution in [0.25, 0.3) is 0 Å². The maximum Gasteiger partial charge on any atom is 0.329 e. The number of benzene rings is 2. The van der Waals surface area contributed by atoms with Crippen LogP contribution < -0.4 is 20.8 Å². The van der Waals surface area contributed by atoms with Crippen molar-refractivity contribution in [1.82, 2.24) is 10.7 Å². The van der Waals surface area contributed by atoms with E-state index in [0.717, 1.165) is 16.5 Å². The molecule has 2 aromatic rings. The molecule has 1 atom stereocenters. The first kappa shape index (κ1) is 24.1. The van der Waals surface area contributed by atoms with Crippen LogP contribution in [0, 0.1) is 6.92 Å². The van der Waals surface area contributed by atoms with Gasteiger partial charge in [0.1, 0.15) is 5.75 Å². The number of rotatable bonds is 8. The van der Waals surface area contributed by atoms with Gasteiger partial charge in [-0.15, -0.1) is 0 Å². The molecule has 2 aromatic carbocycles. The summed E-state index contributed by atoms with van der Waals surface area (Å²) in [6, 6.07) is 12.2. The zero-order valence-corrected chi connectivity index (χ0v) is 19.2. The van der Waals surface area contributed by atoms with Crippen LogP contribution in [-0.2, 0) is 14.4 Å². The number of nitrogens with zero attached hydrogens (tertiary/aromatic N) is 1. The highest BCUT2D eigenvalue weighted by Crippen LogP contribution is 2.20. The molecule has 9 heteroatoms. The van der Waals surface area contributed by atoms with Gasteiger partial charge in [-0.05, 0) is 73.9 Å². The van der Waals surface area contributed by atoms with Gasteiger partial charge in [0.05, 0.1) is 6.21 Å². The van der Waals surface area contributed by atoms with Crippen LogP contribution in [-0.4, -0.2) is 36.6 Å². The minimum atomic E-state index is -0.830. The highest BCUT2D eigenvalue weighted by Gasteiger charge is 2.14. The third-order valence-corrected chi connectivity index (χ3v) is 5.16. The maximum atomic E-state index is 12.1. The fourth-order valence-corrected chi connectivity index (χ4v) is 2.57. The fraction of sp³-hybridized carbons (Fsp3) is 0.273. The van der Waals surface area contributed by atoms with E-state index in [4.69, 9.17) is 4.74 Å². The van der Waals surface area contributed by atoms with Gasteiger partial charge in [-0.2, -0.15) is 5.10 Å². The third kappa shape index (κ3) is 8.21. The second-order valence-corrected chi connectivity index (χ2v) is 7.71. The van der Waals surface area contributed by atoms with Crippen LogP contribution in [0.3, 0.4) is 0 Å². The zero-order chi connectivity index (χ0) is 22.8. The Balaban J connectivity index is 1.78. The van der Waals surface area contributed by atoms with Crippen LogP contribution in [0.2, 0.25) is 0 Å². The first-order valence-electron chi connectivity index (χ1n) is 9.71. The fourth-order valence-electron chi connectivity index (χ4n) is 2.33. The molecule has 0 saturated carbocycles. The second kappa shape index (κ2) is 11.8. The van der Waals surface area contributed by atoms with E-state index < -0.39 is 11.8 Å². The molecule has 3 N–H and O–H groups in total. The van der Waals surface area contributed by atoms with Crippen molar-refractivity contribution in [1.29, 1.82) is 0 Å². The number of ether oxygens (including phenoxy) is 1. The summed E-state index contributed by atoms with van der Waals surface area (Å²) in [6.07, 6.45) is 2.13. The SMILES string of the molecule is CC[C@H](C)NC(=O)C(=O)N/N=C\c1ccc(OCC(=O)Nc2ccc(Br)c(C)c2)cc1. The van der Waals surface area contributed by atoms with Gasteiger partial charge in [-0.3, -0.25) is 14.4 Å². The average molecular weight is 489 g/mol. The Morgan fingerprint density at radius 1 is 1.13 bits per heavy atom. The summed E-state index contributed by atoms with van der Waals surface area (Å²) in [4.78, 5) is 35.3. The molecule has 0 aliphatic heterocycles. The highest BCUT2D eigenvalue weighted by molar-refractivity contribution is 9.10. The van der Waals surface area contributed by atoms with Gasteiger partial charge in [0.2, 0.25) is 0 Å². The van der Waals surface area contributed by atoms with Gasteiger partial charge in [0, 0.05) is 16.2 Å². The largest absolute Gasteiger partial charge is 0.484 e. The topological polar surface area (TPSA) is 109 Å². The lowest BCUT2D eigenvalue weighted by Crippen LogP contribution is -2.41. The Morgan fingerprint density at radius 2 is 1.84 bits per heavy atom. The van der Waals surface area contributed by atoms with E-state index in [-0.39, 0.29) is 18.6 Å². The molecule has 8 nitrogen and oxygen atoms in total. The monoisotopic (exact) mass is 488 g/mol. The summed E-state index contributed by atoms with van der Waals surface area (Å²) in [5.74, 6) is -1.32. The molecular formula is C22H25BrN4O4. The number of hydrogen-bond acceptors (Lipinski definition) is 5. The predicted molar refractivity (Wildman–Crippen MR) is 123 cm³/mol. The molecule has 0 spiro atoms. The van der Waals surface area contributed by atoms with Crippen LogP contribution in [0.4, 0.5) is 5.69 Å². The van der Waals surface area contributed by atoms with Crippen molar-refractivity contribution in [3.05, 3.63) is 58.1 Å². The Kier molecular flexibility index (Phi) is 9.20. The number of anilines is 1. The maximum absolute atomic E-state index is 12.1. The lowest BCUT2D eigenvalue weighted by Gasteiger charge is -2.09. The number of amides is 3. The first-order valence-corrected chi connectivity index (χ1v) is 10.5. The number of halogens is 1. The standard InChI is InChI=1S/C22H25BrN4O4/c1-4-15(3)25-21(29)22(30)27-24-12-16-5-8-18(9-6-16)31-13-20(28)26-17-7-10-19(23)14(2)11-17/h5-12,15H,4,13H2,1-3H3,(H,25,29)(H,26,28)(H,27,30)/b24-12-/t15-/m0/s1. The van der Waals surface area contributed by atoms with Gasteiger partial charge >= 0.3 is 11.8 Å². The number of hydrogen-bond donors (Lipinski definition) is 3. The van der Waals surface area contributed by atoms with Crippen LogP contribution in [0.5, 0.6) is 5.75 Å². The van der Waals surface area contributed by atoms with Gasteiger partial charge in [0.15, 0.2) is 6.61 Å². The minimum absolute atomic E-state index is 0.0872. The van der Waals surface area contributed by atoms with Crippen molar-refractivity contribution < 1.29 is 19.1 Å². The van der Waals surface area contributed by atoms with E-state index in [1.807, 2.05) is 32.9 Å². The summed E-state index contributed by atoms with van der Waals surface area (Å²) in [5, 5.41) is 9.09. The summed E-state index contributed by atoms with van der Waals surface area (Å²) in [6.45, 7) is 5.52. The van der Waals surface area contributed by atoms with Crippen LogP contribution in [0.15, 0.2) is 52.0 Å². The average Bonchev–Trinajstić information content (AvgIpc) is 2.75. The number of aryl methyl sites for hydroxylation is 1. The quantitative estimate of drug-likeness (QED) is 0.301. The Morgan fingerprint density at radius 3 is 2.48 bits per heavy atom. The van der Waals surface area contributed by atoms with Crippen LogP contribution >= 0.6 is 15.9 Å². The molecule has 0 aliphatic carbocycles. The van der Waals surface area contributed by atoms with E-state index in [2.05, 4.69) is 37.1 Å². The number of nitrogens with one attached hydrogen (secondary N) is 3. The Bertz CT molecular complexity index is 960. The van der Waals surface area contributed by atoms with Gasteiger partial charge < -0.3 is 15.4 Å². The molecule has 0 bridgehead atoms. The molecule has 164 valence electrons. The Labute approximate surface area is 189 Å².